The molecule has 0 aliphatic rings. The highest BCUT2D eigenvalue weighted by Crippen LogP contribution is 2.08. The molecule has 3 heteroatoms. The molecule has 0 atom stereocenters. The molecule has 0 aromatic carbocycles. The van der Waals surface area contributed by atoms with E-state index in [2.05, 4.69) is 0 Å². The maximum atomic E-state index is 11.5. The molecule has 0 aliphatic carbocycles. The summed E-state index contributed by atoms with van der Waals surface area (Å²) in [5, 5.41) is 0. The smallest absolute Gasteiger partial charge is 0.133 e. The minimum absolute atomic E-state index is 0.0967. The highest BCUT2D eigenvalue weighted by Gasteiger charge is 2.09. The normalized spacial score (nSPS) is 11.8. The predicted molar refractivity (Wildman–Crippen MR) is 70.3 cm³/mol. The molecule has 0 unspecified atom stereocenters. The molecule has 0 spiro atoms. The molecule has 0 heterocycles. The molecule has 0 fully saturated rings. The van der Waals surface area contributed by atoms with Gasteiger partial charge in [-0.2, -0.15) is 0 Å². The SMILES string of the molecule is CCOCCCCC(=O)CCCOC(C)(C)C. The molecule has 0 saturated carbocycles. The summed E-state index contributed by atoms with van der Waals surface area (Å²) < 4.78 is 10.8. The number of ether oxygens (including phenoxy) is 2. The van der Waals surface area contributed by atoms with Crippen LogP contribution >= 0.6 is 0 Å². The van der Waals surface area contributed by atoms with E-state index in [9.17, 15) is 4.79 Å². The van der Waals surface area contributed by atoms with Crippen LogP contribution in [0.5, 0.6) is 0 Å². The number of hydrogen-bond donors (Lipinski definition) is 0. The number of rotatable bonds is 10. The van der Waals surface area contributed by atoms with Gasteiger partial charge in [0, 0.05) is 32.7 Å². The summed E-state index contributed by atoms with van der Waals surface area (Å²) >= 11 is 0. The predicted octanol–water partition coefficient (Wildman–Crippen LogP) is 3.36. The average molecular weight is 244 g/mol. The van der Waals surface area contributed by atoms with Gasteiger partial charge in [-0.1, -0.05) is 0 Å². The zero-order chi connectivity index (χ0) is 13.1. The Morgan fingerprint density at radius 1 is 1.00 bits per heavy atom. The van der Waals surface area contributed by atoms with Crippen LogP contribution in [-0.4, -0.2) is 31.2 Å². The van der Waals surface area contributed by atoms with E-state index in [0.29, 0.717) is 25.2 Å². The van der Waals surface area contributed by atoms with Crippen LogP contribution in [0.15, 0.2) is 0 Å². The Labute approximate surface area is 106 Å². The van der Waals surface area contributed by atoms with Crippen LogP contribution in [0.2, 0.25) is 0 Å². The lowest BCUT2D eigenvalue weighted by atomic mass is 10.1. The molecule has 0 amide bonds. The molecule has 0 radical (unpaired) electrons. The fraction of sp³-hybridized carbons (Fsp3) is 0.929. The Bertz CT molecular complexity index is 194. The minimum atomic E-state index is -0.0967. The second-order valence-electron chi connectivity index (χ2n) is 5.26. The van der Waals surface area contributed by atoms with E-state index in [0.717, 1.165) is 32.5 Å². The van der Waals surface area contributed by atoms with Crippen LogP contribution in [0, 0.1) is 0 Å². The van der Waals surface area contributed by atoms with E-state index in [1.807, 2.05) is 27.7 Å². The summed E-state index contributed by atoms with van der Waals surface area (Å²) in [5.41, 5.74) is -0.0967. The lowest BCUT2D eigenvalue weighted by Crippen LogP contribution is -2.20. The van der Waals surface area contributed by atoms with Gasteiger partial charge in [-0.3, -0.25) is 4.79 Å². The van der Waals surface area contributed by atoms with E-state index in [1.165, 1.54) is 0 Å². The zero-order valence-electron chi connectivity index (χ0n) is 11.9. The van der Waals surface area contributed by atoms with Gasteiger partial charge >= 0.3 is 0 Å². The first-order chi connectivity index (χ1) is 7.95. The van der Waals surface area contributed by atoms with Crippen molar-refractivity contribution in [2.75, 3.05) is 19.8 Å². The van der Waals surface area contributed by atoms with Crippen molar-refractivity contribution in [1.29, 1.82) is 0 Å². The molecule has 0 aliphatic heterocycles. The Morgan fingerprint density at radius 3 is 2.24 bits per heavy atom. The summed E-state index contributed by atoms with van der Waals surface area (Å²) in [6.45, 7) is 10.3. The third kappa shape index (κ3) is 13.5. The molecule has 3 nitrogen and oxygen atoms in total. The topological polar surface area (TPSA) is 35.5 Å². The van der Waals surface area contributed by atoms with Crippen molar-refractivity contribution in [1.82, 2.24) is 0 Å². The molecular formula is C14H28O3. The van der Waals surface area contributed by atoms with Gasteiger partial charge in [0.25, 0.3) is 0 Å². The maximum absolute atomic E-state index is 11.5. The van der Waals surface area contributed by atoms with Crippen molar-refractivity contribution in [3.05, 3.63) is 0 Å². The number of carbonyl (C=O) groups excluding carboxylic acids is 1. The molecule has 0 saturated heterocycles. The minimum Gasteiger partial charge on any atom is -0.382 e. The Hall–Kier alpha value is -0.410. The summed E-state index contributed by atoms with van der Waals surface area (Å²) in [6, 6.07) is 0. The summed E-state index contributed by atoms with van der Waals surface area (Å²) in [5.74, 6) is 0.346. The first kappa shape index (κ1) is 16.6. The lowest BCUT2D eigenvalue weighted by molar-refractivity contribution is -0.119. The van der Waals surface area contributed by atoms with Crippen molar-refractivity contribution in [2.45, 2.75) is 65.4 Å². The number of Topliss-reactive ketones (excluding diaryl/α,β-unsaturated/α-hetero) is 1. The molecule has 0 N–H and O–H groups in total. The molecule has 0 aromatic heterocycles. The lowest BCUT2D eigenvalue weighted by Gasteiger charge is -2.19. The maximum Gasteiger partial charge on any atom is 0.133 e. The molecule has 102 valence electrons. The summed E-state index contributed by atoms with van der Waals surface area (Å²) in [4.78, 5) is 11.5. The summed E-state index contributed by atoms with van der Waals surface area (Å²) in [6.07, 6.45) is 4.09. The number of unbranched alkanes of at least 4 members (excludes halogenated alkanes) is 1. The van der Waals surface area contributed by atoms with Gasteiger partial charge in [0.1, 0.15) is 5.78 Å². The fourth-order valence-corrected chi connectivity index (χ4v) is 1.44. The zero-order valence-corrected chi connectivity index (χ0v) is 11.9. The standard InChI is InChI=1S/C14H28O3/c1-5-16-11-7-6-9-13(15)10-8-12-17-14(2,3)4/h5-12H2,1-4H3. The quantitative estimate of drug-likeness (QED) is 0.553. The number of carbonyl (C=O) groups is 1. The first-order valence-electron chi connectivity index (χ1n) is 6.69. The van der Waals surface area contributed by atoms with Crippen molar-refractivity contribution < 1.29 is 14.3 Å². The number of hydrogen-bond acceptors (Lipinski definition) is 3. The van der Waals surface area contributed by atoms with Crippen molar-refractivity contribution >= 4 is 5.78 Å². The van der Waals surface area contributed by atoms with Crippen LogP contribution in [-0.2, 0) is 14.3 Å². The molecule has 0 rings (SSSR count). The van der Waals surface area contributed by atoms with Crippen LogP contribution in [0.1, 0.15) is 59.8 Å². The highest BCUT2D eigenvalue weighted by molar-refractivity contribution is 5.78. The van der Waals surface area contributed by atoms with Crippen molar-refractivity contribution in [2.24, 2.45) is 0 Å². The second-order valence-corrected chi connectivity index (χ2v) is 5.26. The first-order valence-corrected chi connectivity index (χ1v) is 6.69. The van der Waals surface area contributed by atoms with E-state index in [4.69, 9.17) is 9.47 Å². The van der Waals surface area contributed by atoms with Crippen LogP contribution in [0.25, 0.3) is 0 Å². The molecule has 0 bridgehead atoms. The van der Waals surface area contributed by atoms with Gasteiger partial charge < -0.3 is 9.47 Å². The van der Waals surface area contributed by atoms with Gasteiger partial charge in [0.05, 0.1) is 5.60 Å². The largest absolute Gasteiger partial charge is 0.382 e. The van der Waals surface area contributed by atoms with E-state index >= 15 is 0 Å². The Balaban J connectivity index is 3.29. The molecule has 17 heavy (non-hydrogen) atoms. The molecule has 0 aromatic rings. The van der Waals surface area contributed by atoms with Gasteiger partial charge in [0.15, 0.2) is 0 Å². The van der Waals surface area contributed by atoms with Gasteiger partial charge in [-0.15, -0.1) is 0 Å². The third-order valence-electron chi connectivity index (χ3n) is 2.33. The highest BCUT2D eigenvalue weighted by atomic mass is 16.5. The average Bonchev–Trinajstić information content (AvgIpc) is 2.23. The Morgan fingerprint density at radius 2 is 1.65 bits per heavy atom. The van der Waals surface area contributed by atoms with E-state index in [1.54, 1.807) is 0 Å². The third-order valence-corrected chi connectivity index (χ3v) is 2.33. The van der Waals surface area contributed by atoms with Gasteiger partial charge in [-0.25, -0.2) is 0 Å². The van der Waals surface area contributed by atoms with Crippen LogP contribution in [0.4, 0.5) is 0 Å². The van der Waals surface area contributed by atoms with E-state index < -0.39 is 0 Å². The van der Waals surface area contributed by atoms with Crippen molar-refractivity contribution in [3.63, 3.8) is 0 Å². The Kier molecular flexibility index (Phi) is 9.37. The van der Waals surface area contributed by atoms with Gasteiger partial charge in [0.2, 0.25) is 0 Å². The molecular weight excluding hydrogens is 216 g/mol. The summed E-state index contributed by atoms with van der Waals surface area (Å²) in [7, 11) is 0. The fourth-order valence-electron chi connectivity index (χ4n) is 1.44. The van der Waals surface area contributed by atoms with Crippen LogP contribution < -0.4 is 0 Å². The van der Waals surface area contributed by atoms with Crippen molar-refractivity contribution in [3.8, 4) is 0 Å². The number of ketones is 1. The van der Waals surface area contributed by atoms with E-state index in [-0.39, 0.29) is 5.60 Å². The second kappa shape index (κ2) is 9.60. The van der Waals surface area contributed by atoms with Gasteiger partial charge in [-0.05, 0) is 47.0 Å². The monoisotopic (exact) mass is 244 g/mol. The van der Waals surface area contributed by atoms with Crippen LogP contribution in [0.3, 0.4) is 0 Å².